The van der Waals surface area contributed by atoms with Gasteiger partial charge in [0.05, 0.1) is 35.0 Å². The van der Waals surface area contributed by atoms with E-state index in [0.717, 1.165) is 12.1 Å². The number of alkyl halides is 3. The molecule has 0 radical (unpaired) electrons. The lowest BCUT2D eigenvalue weighted by Gasteiger charge is -2.08. The summed E-state index contributed by atoms with van der Waals surface area (Å²) in [6.45, 7) is 3.10. The van der Waals surface area contributed by atoms with Crippen molar-refractivity contribution in [2.45, 2.75) is 26.4 Å². The van der Waals surface area contributed by atoms with Crippen molar-refractivity contribution in [1.29, 1.82) is 0 Å². The van der Waals surface area contributed by atoms with Crippen LogP contribution in [0.1, 0.15) is 89.8 Å². The molecule has 1 aliphatic carbocycles. The summed E-state index contributed by atoms with van der Waals surface area (Å²) >= 11 is 0. The second-order valence-electron chi connectivity index (χ2n) is 12.9. The molecule has 65 heavy (non-hydrogen) atoms. The van der Waals surface area contributed by atoms with Gasteiger partial charge in [-0.3, -0.25) is 44.2 Å². The summed E-state index contributed by atoms with van der Waals surface area (Å²) in [5.41, 5.74) is -1.67. The summed E-state index contributed by atoms with van der Waals surface area (Å²) in [6.07, 6.45) is -6.27. The Balaban J connectivity index is 0.000000529. The molecular weight excluding hydrogens is 877 g/mol. The predicted octanol–water partition coefficient (Wildman–Crippen LogP) is 6.39. The predicted molar refractivity (Wildman–Crippen MR) is 216 cm³/mol. The number of nitro groups is 2. The third kappa shape index (κ3) is 12.3. The number of rotatable bonds is 15. The van der Waals surface area contributed by atoms with Gasteiger partial charge in [0.25, 0.3) is 11.4 Å². The van der Waals surface area contributed by atoms with Gasteiger partial charge in [0.2, 0.25) is 5.78 Å². The lowest BCUT2D eigenvalue weighted by Crippen LogP contribution is -2.25. The normalized spacial score (nSPS) is 13.6. The topological polar surface area (TPSA) is 286 Å². The van der Waals surface area contributed by atoms with Crippen LogP contribution >= 0.6 is 0 Å². The molecule has 344 valence electrons. The van der Waals surface area contributed by atoms with Crippen molar-refractivity contribution in [1.82, 2.24) is 0 Å². The van der Waals surface area contributed by atoms with E-state index in [2.05, 4.69) is 9.47 Å². The van der Waals surface area contributed by atoms with Crippen LogP contribution in [-0.4, -0.2) is 95.2 Å². The Hall–Kier alpha value is -8.50. The average molecular weight is 920 g/mol. The number of hydrogen-bond acceptors (Lipinski definition) is 18. The number of fused-ring (bicyclic) bond motifs is 2. The van der Waals surface area contributed by atoms with E-state index < -0.39 is 92.5 Å². The van der Waals surface area contributed by atoms with Crippen LogP contribution in [0, 0.1) is 26.1 Å². The third-order valence-electron chi connectivity index (χ3n) is 8.66. The molecule has 0 saturated carbocycles. The SMILES string of the molecule is CCOC(=O)COc1ccc(C(=O)C2C(=O)c3cccc([N+](=O)[O-])c3C2=O)cc1.CCOC(=O)COc1ccc(C(=O)CC(=O)C(F)(F)F)cc1.O=C1OC(=O)c2c1cccc2[N+](=O)[O-].[2HH].[2H][2H].[2H][2H]. The van der Waals surface area contributed by atoms with Crippen molar-refractivity contribution in [3.8, 4) is 11.5 Å². The van der Waals surface area contributed by atoms with Crippen molar-refractivity contribution in [2.75, 3.05) is 26.4 Å². The van der Waals surface area contributed by atoms with Gasteiger partial charge in [-0.15, -0.1) is 0 Å². The fraction of sp³-hybridized carbons (Fsp3) is 0.214. The molecule has 0 saturated heterocycles. The summed E-state index contributed by atoms with van der Waals surface area (Å²) in [4.78, 5) is 125. The standard InChI is InChI=1S/C20H15NO8.C14H13F3O5.C8H3NO5.3H2/c1-2-28-15(22)10-29-12-8-6-11(7-9-12)18(23)17-19(24)13-4-3-5-14(21(26)27)16(13)20(17)25;1-2-21-13(20)8-22-10-5-3-9(4-6-10)11(18)7-12(19)14(15,16)17;10-7-4-2-1-3-5(9(12)13)6(4)8(11)14-7;;;/h3-9,17H,2,10H2,1H3;3-6H,2,7-8H2,1H3;1-3H;3*1H/i;;;2*1+1D;1+1. The van der Waals surface area contributed by atoms with Crippen molar-refractivity contribution in [2.24, 2.45) is 5.92 Å². The highest BCUT2D eigenvalue weighted by molar-refractivity contribution is 6.38. The highest BCUT2D eigenvalue weighted by atomic mass is 19.4. The zero-order valence-electron chi connectivity index (χ0n) is 37.6. The van der Waals surface area contributed by atoms with Crippen LogP contribution in [-0.2, 0) is 28.6 Å². The smallest absolute Gasteiger partial charge is 0.450 e. The molecule has 1 atom stereocenters. The Morgan fingerprint density at radius 3 is 1.58 bits per heavy atom. The minimum absolute atomic E-state index is 0. The number of benzene rings is 4. The van der Waals surface area contributed by atoms with Gasteiger partial charge in [-0.1, -0.05) is 18.2 Å². The van der Waals surface area contributed by atoms with E-state index in [1.54, 1.807) is 13.8 Å². The Bertz CT molecular complexity index is 2610. The van der Waals surface area contributed by atoms with Gasteiger partial charge in [0, 0.05) is 36.2 Å². The first-order valence-electron chi connectivity index (χ1n) is 20.5. The number of nitrogens with zero attached hydrogens (tertiary/aromatic N) is 2. The molecule has 4 aromatic rings. The third-order valence-corrected chi connectivity index (χ3v) is 8.66. The molecular formula is C42H37F3N2O18. The van der Waals surface area contributed by atoms with Gasteiger partial charge in [-0.25, -0.2) is 19.2 Å². The molecule has 6 rings (SSSR count). The van der Waals surface area contributed by atoms with Crippen LogP contribution in [0.25, 0.3) is 0 Å². The van der Waals surface area contributed by atoms with E-state index in [1.165, 1.54) is 72.8 Å². The molecule has 0 aromatic heterocycles. The number of carbonyl (C=O) groups excluding carboxylic acids is 9. The molecule has 20 nitrogen and oxygen atoms in total. The van der Waals surface area contributed by atoms with Crippen LogP contribution in [0.15, 0.2) is 84.9 Å². The molecule has 1 unspecified atom stereocenters. The minimum atomic E-state index is -5.03. The van der Waals surface area contributed by atoms with Gasteiger partial charge in [-0.05, 0) is 68.4 Å². The van der Waals surface area contributed by atoms with E-state index >= 15 is 0 Å². The van der Waals surface area contributed by atoms with Crippen LogP contribution in [0.5, 0.6) is 11.5 Å². The first kappa shape index (κ1) is 46.0. The summed E-state index contributed by atoms with van der Waals surface area (Å²) in [7, 11) is 0. The largest absolute Gasteiger partial charge is 0.482 e. The molecule has 23 heteroatoms. The maximum Gasteiger partial charge on any atom is 0.450 e. The zero-order chi connectivity index (χ0) is 52.2. The average Bonchev–Trinajstić information content (AvgIpc) is 3.78. The maximum atomic E-state index is 12.8. The van der Waals surface area contributed by atoms with E-state index in [0.29, 0.717) is 0 Å². The molecule has 1 aliphatic heterocycles. The first-order valence-corrected chi connectivity index (χ1v) is 18.5. The quantitative estimate of drug-likeness (QED) is 0.0311. The number of ether oxygens (including phenoxy) is 5. The Labute approximate surface area is 370 Å². The van der Waals surface area contributed by atoms with Gasteiger partial charge in [-0.2, -0.15) is 13.2 Å². The van der Waals surface area contributed by atoms with Crippen LogP contribution in [0.2, 0.25) is 0 Å². The maximum absolute atomic E-state index is 12.8. The van der Waals surface area contributed by atoms with Crippen LogP contribution in [0.3, 0.4) is 0 Å². The molecule has 1 heterocycles. The van der Waals surface area contributed by atoms with E-state index in [1.807, 2.05) is 0 Å². The van der Waals surface area contributed by atoms with Crippen molar-refractivity contribution in [3.05, 3.63) is 139 Å². The highest BCUT2D eigenvalue weighted by Crippen LogP contribution is 2.35. The second-order valence-corrected chi connectivity index (χ2v) is 12.9. The Kier molecular flexibility index (Phi) is 15.2. The van der Waals surface area contributed by atoms with Gasteiger partial charge in [0.1, 0.15) is 23.0 Å². The molecule has 0 bridgehead atoms. The summed E-state index contributed by atoms with van der Waals surface area (Å²) in [5.74, 6) is -9.49. The van der Waals surface area contributed by atoms with Gasteiger partial charge >= 0.3 is 30.1 Å². The summed E-state index contributed by atoms with van der Waals surface area (Å²) in [6, 6.07) is 18.1. The second kappa shape index (κ2) is 21.5. The molecule has 2 aliphatic rings. The zero-order valence-corrected chi connectivity index (χ0v) is 33.6. The number of hydrogen-bond donors (Lipinski definition) is 0. The molecule has 0 fully saturated rings. The molecule has 0 N–H and O–H groups in total. The number of esters is 4. The summed E-state index contributed by atoms with van der Waals surface area (Å²) < 4.78 is 80.1. The highest BCUT2D eigenvalue weighted by Gasteiger charge is 2.47. The number of halogens is 3. The number of ketones is 5. The lowest BCUT2D eigenvalue weighted by atomic mass is 9.93. The Morgan fingerprint density at radius 1 is 0.662 bits per heavy atom. The van der Waals surface area contributed by atoms with Crippen molar-refractivity contribution >= 4 is 64.2 Å². The monoisotopic (exact) mass is 919 g/mol. The van der Waals surface area contributed by atoms with E-state index in [9.17, 15) is 76.6 Å². The van der Waals surface area contributed by atoms with Crippen molar-refractivity contribution in [3.63, 3.8) is 0 Å². The number of cyclic esters (lactones) is 2. The fourth-order valence-electron chi connectivity index (χ4n) is 5.74. The fourth-order valence-corrected chi connectivity index (χ4v) is 5.74. The van der Waals surface area contributed by atoms with E-state index in [4.69, 9.17) is 20.1 Å². The van der Waals surface area contributed by atoms with Gasteiger partial charge in [0.15, 0.2) is 41.9 Å². The summed E-state index contributed by atoms with van der Waals surface area (Å²) in [5, 5.41) is 21.7. The molecule has 4 aromatic carbocycles. The van der Waals surface area contributed by atoms with Crippen LogP contribution < -0.4 is 9.47 Å². The van der Waals surface area contributed by atoms with Crippen LogP contribution in [0.4, 0.5) is 24.5 Å². The van der Waals surface area contributed by atoms with Gasteiger partial charge < -0.3 is 23.7 Å². The van der Waals surface area contributed by atoms with Crippen molar-refractivity contribution < 1.29 is 97.2 Å². The molecule has 0 amide bonds. The first-order chi connectivity index (χ1) is 32.7. The van der Waals surface area contributed by atoms with E-state index in [-0.39, 0.29) is 72.7 Å². The lowest BCUT2D eigenvalue weighted by molar-refractivity contribution is -0.385. The number of Topliss-reactive ketones (excluding diaryl/α,β-unsaturated/α-hetero) is 5. The minimum Gasteiger partial charge on any atom is -0.482 e. The molecule has 0 spiro atoms. The number of carbonyl (C=O) groups is 9. The Morgan fingerprint density at radius 2 is 1.12 bits per heavy atom. The number of nitro benzene ring substituents is 2.